The molecule has 0 saturated heterocycles. The summed E-state index contributed by atoms with van der Waals surface area (Å²) in [5.74, 6) is 0.219. The molecule has 0 fully saturated rings. The van der Waals surface area contributed by atoms with Crippen LogP contribution in [0.4, 0.5) is 0 Å². The Balaban J connectivity index is 1.90. The van der Waals surface area contributed by atoms with Gasteiger partial charge in [0.2, 0.25) is 0 Å². The van der Waals surface area contributed by atoms with Crippen LogP contribution in [0.1, 0.15) is 30.0 Å². The zero-order valence-corrected chi connectivity index (χ0v) is 17.0. The Hall–Kier alpha value is -3.92. The molecule has 1 aromatic carbocycles. The van der Waals surface area contributed by atoms with E-state index < -0.39 is 12.2 Å². The molecule has 0 aliphatic rings. The molecule has 0 aliphatic heterocycles. The van der Waals surface area contributed by atoms with E-state index in [2.05, 4.69) is 20.2 Å². The molecule has 0 bridgehead atoms. The minimum Gasteiger partial charge on any atom is -0.489 e. The molecule has 0 amide bonds. The van der Waals surface area contributed by atoms with Crippen molar-refractivity contribution >= 4 is 16.8 Å². The number of aliphatic hydroxyl groups excluding tert-OH is 1. The Kier molecular flexibility index (Phi) is 5.54. The van der Waals surface area contributed by atoms with E-state index in [1.165, 1.54) is 28.0 Å². The minimum atomic E-state index is -0.502. The van der Waals surface area contributed by atoms with Gasteiger partial charge in [0.15, 0.2) is 11.4 Å². The lowest BCUT2D eigenvalue weighted by atomic mass is 10.1. The number of aliphatic hydroxyl groups is 1. The average molecular weight is 420 g/mol. The molecule has 31 heavy (non-hydrogen) atoms. The molecule has 10 heteroatoms. The second kappa shape index (κ2) is 8.44. The monoisotopic (exact) mass is 420 g/mol. The molecule has 0 spiro atoms. The van der Waals surface area contributed by atoms with Gasteiger partial charge in [-0.2, -0.15) is 15.0 Å². The minimum absolute atomic E-state index is 0.0571. The number of fused-ring (bicyclic) bond motifs is 1. The van der Waals surface area contributed by atoms with E-state index in [1.54, 1.807) is 30.3 Å². The molecular weight excluding hydrogens is 400 g/mol. The summed E-state index contributed by atoms with van der Waals surface area (Å²) in [6.45, 7) is 3.14. The van der Waals surface area contributed by atoms with Gasteiger partial charge in [0.25, 0.3) is 5.56 Å². The number of carbonyl (C=O) groups excluding carboxylic acids is 1. The molecule has 3 aromatic heterocycles. The number of ether oxygens (including phenoxy) is 1. The van der Waals surface area contributed by atoms with Crippen molar-refractivity contribution in [3.63, 3.8) is 0 Å². The summed E-state index contributed by atoms with van der Waals surface area (Å²) in [6, 6.07) is 8.04. The van der Waals surface area contributed by atoms with Crippen molar-refractivity contribution in [1.82, 2.24) is 29.5 Å². The number of carbonyl (C=O) groups is 1. The highest BCUT2D eigenvalue weighted by atomic mass is 16.5. The fourth-order valence-corrected chi connectivity index (χ4v) is 3.18. The second-order valence-corrected chi connectivity index (χ2v) is 7.03. The fraction of sp³-hybridized carbons (Fsp3) is 0.238. The lowest BCUT2D eigenvalue weighted by Crippen LogP contribution is -2.25. The van der Waals surface area contributed by atoms with Crippen LogP contribution in [-0.4, -0.2) is 46.5 Å². The van der Waals surface area contributed by atoms with Crippen molar-refractivity contribution in [3.8, 4) is 11.4 Å². The van der Waals surface area contributed by atoms with Crippen LogP contribution in [0, 0.1) is 0 Å². The number of ketones is 1. The first kappa shape index (κ1) is 20.4. The predicted octanol–water partition coefficient (Wildman–Crippen LogP) is 1.53. The zero-order valence-electron chi connectivity index (χ0n) is 17.0. The zero-order chi connectivity index (χ0) is 22.0. The highest BCUT2D eigenvalue weighted by Crippen LogP contribution is 2.26. The smallest absolute Gasteiger partial charge is 0.267 e. The van der Waals surface area contributed by atoms with Gasteiger partial charge < -0.3 is 9.84 Å². The number of aromatic nitrogens is 6. The molecular formula is C21H20N6O4. The molecule has 0 radical (unpaired) electrons. The number of Topliss-reactive ketones (excluding diaryl/α,β-unsaturated/α-hetero) is 1. The van der Waals surface area contributed by atoms with Crippen molar-refractivity contribution in [2.24, 2.45) is 0 Å². The van der Waals surface area contributed by atoms with Crippen molar-refractivity contribution in [2.45, 2.75) is 33.1 Å². The summed E-state index contributed by atoms with van der Waals surface area (Å²) >= 11 is 0. The van der Waals surface area contributed by atoms with E-state index in [9.17, 15) is 14.7 Å². The van der Waals surface area contributed by atoms with Crippen LogP contribution in [0.15, 0.2) is 53.7 Å². The third kappa shape index (κ3) is 4.05. The quantitative estimate of drug-likeness (QED) is 0.446. The largest absolute Gasteiger partial charge is 0.489 e. The van der Waals surface area contributed by atoms with E-state index in [0.717, 1.165) is 0 Å². The standard InChI is InChI=1S/C21H20N6O4/c1-13(2)31-18-6-5-14(17(29)11-26-23-8-9-24-26)10-16(18)27-19(12-28)25-20-15(21(27)30)4-3-7-22-20/h3-10,13,28H,11-12H2,1-2H3. The molecule has 158 valence electrons. The molecule has 3 heterocycles. The third-order valence-electron chi connectivity index (χ3n) is 4.49. The first-order valence-electron chi connectivity index (χ1n) is 9.64. The fourth-order valence-electron chi connectivity index (χ4n) is 3.18. The van der Waals surface area contributed by atoms with Crippen LogP contribution >= 0.6 is 0 Å². The third-order valence-corrected chi connectivity index (χ3v) is 4.49. The van der Waals surface area contributed by atoms with Gasteiger partial charge in [0.1, 0.15) is 24.7 Å². The Morgan fingerprint density at radius 2 is 1.94 bits per heavy atom. The SMILES string of the molecule is CC(C)Oc1ccc(C(=O)Cn2nccn2)cc1-n1c(CO)nc2ncccc2c1=O. The Labute approximate surface area is 176 Å². The summed E-state index contributed by atoms with van der Waals surface area (Å²) < 4.78 is 7.14. The summed E-state index contributed by atoms with van der Waals surface area (Å²) in [7, 11) is 0. The maximum atomic E-state index is 13.3. The number of pyridine rings is 1. The summed E-state index contributed by atoms with van der Waals surface area (Å²) in [5.41, 5.74) is 0.455. The molecule has 1 N–H and O–H groups in total. The number of benzene rings is 1. The van der Waals surface area contributed by atoms with Crippen molar-refractivity contribution in [3.05, 3.63) is 70.7 Å². The second-order valence-electron chi connectivity index (χ2n) is 7.03. The van der Waals surface area contributed by atoms with Gasteiger partial charge in [-0.1, -0.05) is 0 Å². The van der Waals surface area contributed by atoms with Gasteiger partial charge in [-0.05, 0) is 44.2 Å². The van der Waals surface area contributed by atoms with Crippen LogP contribution < -0.4 is 10.3 Å². The van der Waals surface area contributed by atoms with Crippen LogP contribution in [0.5, 0.6) is 5.75 Å². The maximum absolute atomic E-state index is 13.3. The van der Waals surface area contributed by atoms with Crippen molar-refractivity contribution < 1.29 is 14.6 Å². The van der Waals surface area contributed by atoms with Crippen LogP contribution in [-0.2, 0) is 13.2 Å². The van der Waals surface area contributed by atoms with Gasteiger partial charge in [-0.3, -0.25) is 14.2 Å². The number of rotatable bonds is 7. The number of nitrogens with zero attached hydrogens (tertiary/aromatic N) is 6. The molecule has 0 aliphatic carbocycles. The van der Waals surface area contributed by atoms with E-state index >= 15 is 0 Å². The van der Waals surface area contributed by atoms with Gasteiger partial charge in [-0.25, -0.2) is 9.97 Å². The van der Waals surface area contributed by atoms with Crippen LogP contribution in [0.25, 0.3) is 16.7 Å². The molecule has 10 nitrogen and oxygen atoms in total. The van der Waals surface area contributed by atoms with Crippen molar-refractivity contribution in [1.29, 1.82) is 0 Å². The van der Waals surface area contributed by atoms with E-state index in [4.69, 9.17) is 4.74 Å². The van der Waals surface area contributed by atoms with Gasteiger partial charge >= 0.3 is 0 Å². The summed E-state index contributed by atoms with van der Waals surface area (Å²) in [6.07, 6.45) is 4.31. The van der Waals surface area contributed by atoms with Crippen LogP contribution in [0.3, 0.4) is 0 Å². The Bertz CT molecular complexity index is 1300. The van der Waals surface area contributed by atoms with Gasteiger partial charge in [-0.15, -0.1) is 0 Å². The summed E-state index contributed by atoms with van der Waals surface area (Å²) in [5, 5.41) is 18.1. The first-order chi connectivity index (χ1) is 15.0. The Morgan fingerprint density at radius 1 is 1.16 bits per heavy atom. The number of hydrogen-bond acceptors (Lipinski definition) is 8. The average Bonchev–Trinajstić information content (AvgIpc) is 3.27. The first-order valence-corrected chi connectivity index (χ1v) is 9.64. The molecule has 4 aromatic rings. The lowest BCUT2D eigenvalue weighted by molar-refractivity contribution is 0.0962. The van der Waals surface area contributed by atoms with Crippen molar-refractivity contribution in [2.75, 3.05) is 0 Å². The normalized spacial score (nSPS) is 11.2. The van der Waals surface area contributed by atoms with Gasteiger partial charge in [0, 0.05) is 11.8 Å². The predicted molar refractivity (Wildman–Crippen MR) is 111 cm³/mol. The summed E-state index contributed by atoms with van der Waals surface area (Å²) in [4.78, 5) is 35.8. The molecule has 0 atom stereocenters. The van der Waals surface area contributed by atoms with E-state index in [-0.39, 0.29) is 35.3 Å². The lowest BCUT2D eigenvalue weighted by Gasteiger charge is -2.18. The molecule has 0 unspecified atom stereocenters. The molecule has 4 rings (SSSR count). The topological polar surface area (TPSA) is 125 Å². The highest BCUT2D eigenvalue weighted by Gasteiger charge is 2.19. The Morgan fingerprint density at radius 3 is 2.65 bits per heavy atom. The van der Waals surface area contributed by atoms with E-state index in [0.29, 0.717) is 17.0 Å². The number of hydrogen-bond donors (Lipinski definition) is 1. The maximum Gasteiger partial charge on any atom is 0.267 e. The van der Waals surface area contributed by atoms with E-state index in [1.807, 2.05) is 13.8 Å². The van der Waals surface area contributed by atoms with Crippen LogP contribution in [0.2, 0.25) is 0 Å². The highest BCUT2D eigenvalue weighted by molar-refractivity contribution is 5.96. The van der Waals surface area contributed by atoms with Gasteiger partial charge in [0.05, 0.1) is 29.6 Å². The molecule has 0 saturated carbocycles.